The van der Waals surface area contributed by atoms with Gasteiger partial charge in [-0.25, -0.2) is 4.98 Å². The van der Waals surface area contributed by atoms with Crippen LogP contribution in [0, 0.1) is 18.3 Å². The Kier molecular flexibility index (Phi) is 6.20. The highest BCUT2D eigenvalue weighted by atomic mass is 32.1. The third-order valence-electron chi connectivity index (χ3n) is 5.32. The van der Waals surface area contributed by atoms with Crippen molar-refractivity contribution < 1.29 is 9.53 Å². The molecule has 0 saturated heterocycles. The molecule has 2 aromatic heterocycles. The van der Waals surface area contributed by atoms with Crippen molar-refractivity contribution in [2.24, 2.45) is 0 Å². The van der Waals surface area contributed by atoms with Crippen molar-refractivity contribution >= 4 is 33.1 Å². The van der Waals surface area contributed by atoms with Gasteiger partial charge in [0.15, 0.2) is 0 Å². The molecule has 32 heavy (non-hydrogen) atoms. The first kappa shape index (κ1) is 21.5. The number of carbonyl (C=O) groups is 1. The van der Waals surface area contributed by atoms with Gasteiger partial charge in [-0.15, -0.1) is 11.3 Å². The van der Waals surface area contributed by atoms with Gasteiger partial charge in [-0.2, -0.15) is 5.26 Å². The Balaban J connectivity index is 1.77. The molecule has 4 aromatic rings. The Morgan fingerprint density at radius 2 is 1.91 bits per heavy atom. The van der Waals surface area contributed by atoms with Gasteiger partial charge in [-0.1, -0.05) is 25.1 Å². The molecule has 0 spiro atoms. The van der Waals surface area contributed by atoms with Crippen molar-refractivity contribution in [2.75, 3.05) is 11.9 Å². The van der Waals surface area contributed by atoms with E-state index in [2.05, 4.69) is 11.4 Å². The summed E-state index contributed by atoms with van der Waals surface area (Å²) in [5, 5.41) is 14.0. The van der Waals surface area contributed by atoms with Crippen LogP contribution in [0.4, 0.5) is 5.00 Å². The van der Waals surface area contributed by atoms with E-state index < -0.39 is 0 Å². The standard InChI is InChI=1S/C26H23N3O2S/c1-4-19-16(3)32-26(22(19)15-27)29-25(30)21-14-24(28-23-9-7-6-8-20(21)23)17-10-12-18(13-11-17)31-5-2/h6-14H,4-5H2,1-3H3,(H,29,30). The zero-order valence-electron chi connectivity index (χ0n) is 18.2. The maximum atomic E-state index is 13.4. The average Bonchev–Trinajstić information content (AvgIpc) is 3.12. The van der Waals surface area contributed by atoms with Gasteiger partial charge in [0.1, 0.15) is 16.8 Å². The van der Waals surface area contributed by atoms with Crippen LogP contribution in [-0.2, 0) is 6.42 Å². The van der Waals surface area contributed by atoms with Crippen molar-refractivity contribution in [1.82, 2.24) is 4.98 Å². The minimum absolute atomic E-state index is 0.254. The number of para-hydroxylation sites is 1. The van der Waals surface area contributed by atoms with Crippen LogP contribution in [-0.4, -0.2) is 17.5 Å². The molecule has 1 N–H and O–H groups in total. The smallest absolute Gasteiger partial charge is 0.257 e. The molecule has 0 fully saturated rings. The second-order valence-electron chi connectivity index (χ2n) is 7.29. The normalized spacial score (nSPS) is 10.7. The lowest BCUT2D eigenvalue weighted by atomic mass is 10.0. The van der Waals surface area contributed by atoms with E-state index in [9.17, 15) is 10.1 Å². The van der Waals surface area contributed by atoms with Crippen molar-refractivity contribution in [3.63, 3.8) is 0 Å². The Bertz CT molecular complexity index is 1330. The molecule has 1 amide bonds. The number of rotatable bonds is 6. The Morgan fingerprint density at radius 3 is 2.59 bits per heavy atom. The Morgan fingerprint density at radius 1 is 1.16 bits per heavy atom. The van der Waals surface area contributed by atoms with E-state index in [-0.39, 0.29) is 5.91 Å². The number of thiophene rings is 1. The van der Waals surface area contributed by atoms with Gasteiger partial charge >= 0.3 is 0 Å². The van der Waals surface area contributed by atoms with Crippen LogP contribution in [0.2, 0.25) is 0 Å². The van der Waals surface area contributed by atoms with Crippen LogP contribution in [0.15, 0.2) is 54.6 Å². The lowest BCUT2D eigenvalue weighted by molar-refractivity contribution is 0.102. The minimum atomic E-state index is -0.254. The van der Waals surface area contributed by atoms with E-state index in [0.29, 0.717) is 28.4 Å². The molecule has 0 unspecified atom stereocenters. The number of pyridine rings is 1. The van der Waals surface area contributed by atoms with E-state index >= 15 is 0 Å². The van der Waals surface area contributed by atoms with Gasteiger partial charge in [0.2, 0.25) is 0 Å². The largest absolute Gasteiger partial charge is 0.494 e. The predicted molar refractivity (Wildman–Crippen MR) is 129 cm³/mol. The van der Waals surface area contributed by atoms with Gasteiger partial charge < -0.3 is 10.1 Å². The number of carbonyl (C=O) groups excluding carboxylic acids is 1. The van der Waals surface area contributed by atoms with E-state index in [0.717, 1.165) is 39.1 Å². The fourth-order valence-electron chi connectivity index (χ4n) is 3.78. The summed E-state index contributed by atoms with van der Waals surface area (Å²) in [5.74, 6) is 0.537. The summed E-state index contributed by atoms with van der Waals surface area (Å²) >= 11 is 1.44. The third kappa shape index (κ3) is 4.08. The number of amides is 1. The van der Waals surface area contributed by atoms with Crippen LogP contribution in [0.1, 0.15) is 40.2 Å². The van der Waals surface area contributed by atoms with E-state index in [1.807, 2.05) is 69.3 Å². The first-order chi connectivity index (χ1) is 15.5. The van der Waals surface area contributed by atoms with Gasteiger partial charge in [-0.3, -0.25) is 4.79 Å². The summed E-state index contributed by atoms with van der Waals surface area (Å²) in [7, 11) is 0. The summed E-state index contributed by atoms with van der Waals surface area (Å²) < 4.78 is 5.53. The number of nitriles is 1. The molecule has 4 rings (SSSR count). The number of aryl methyl sites for hydroxylation is 1. The lowest BCUT2D eigenvalue weighted by Gasteiger charge is -2.11. The fraction of sp³-hybridized carbons (Fsp3) is 0.192. The first-order valence-corrected chi connectivity index (χ1v) is 11.3. The molecule has 0 saturated carbocycles. The highest BCUT2D eigenvalue weighted by molar-refractivity contribution is 7.16. The van der Waals surface area contributed by atoms with Crippen molar-refractivity contribution in [2.45, 2.75) is 27.2 Å². The van der Waals surface area contributed by atoms with E-state index in [1.165, 1.54) is 11.3 Å². The van der Waals surface area contributed by atoms with Gasteiger partial charge in [0, 0.05) is 15.8 Å². The second kappa shape index (κ2) is 9.21. The Hall–Kier alpha value is -3.69. The molecule has 0 aliphatic heterocycles. The number of ether oxygens (including phenoxy) is 1. The van der Waals surface area contributed by atoms with Crippen LogP contribution in [0.5, 0.6) is 5.75 Å². The number of benzene rings is 2. The molecule has 0 atom stereocenters. The zero-order valence-corrected chi connectivity index (χ0v) is 19.0. The van der Waals surface area contributed by atoms with Crippen molar-refractivity contribution in [3.05, 3.63) is 76.2 Å². The number of fused-ring (bicyclic) bond motifs is 1. The van der Waals surface area contributed by atoms with Crippen molar-refractivity contribution in [1.29, 1.82) is 5.26 Å². The van der Waals surface area contributed by atoms with Crippen LogP contribution in [0.25, 0.3) is 22.2 Å². The maximum Gasteiger partial charge on any atom is 0.257 e. The SMILES string of the molecule is CCOc1ccc(-c2cc(C(=O)Nc3sc(C)c(CC)c3C#N)c3ccccc3n2)cc1. The summed E-state index contributed by atoms with van der Waals surface area (Å²) in [4.78, 5) is 19.2. The van der Waals surface area contributed by atoms with E-state index in [1.54, 1.807) is 6.07 Å². The van der Waals surface area contributed by atoms with Crippen LogP contribution >= 0.6 is 11.3 Å². The highest BCUT2D eigenvalue weighted by Crippen LogP contribution is 2.34. The first-order valence-electron chi connectivity index (χ1n) is 10.5. The molecule has 6 heteroatoms. The van der Waals surface area contributed by atoms with Gasteiger partial charge in [0.05, 0.1) is 28.9 Å². The number of hydrogen-bond donors (Lipinski definition) is 1. The average molecular weight is 442 g/mol. The molecular weight excluding hydrogens is 418 g/mol. The molecule has 2 heterocycles. The summed E-state index contributed by atoms with van der Waals surface area (Å²) in [6.45, 7) is 6.54. The van der Waals surface area contributed by atoms with E-state index in [4.69, 9.17) is 9.72 Å². The number of nitrogens with zero attached hydrogens (tertiary/aromatic N) is 2. The van der Waals surface area contributed by atoms with Crippen molar-refractivity contribution in [3.8, 4) is 23.1 Å². The maximum absolute atomic E-state index is 13.4. The lowest BCUT2D eigenvalue weighted by Crippen LogP contribution is -2.13. The predicted octanol–water partition coefficient (Wildman–Crippen LogP) is 6.36. The quantitative estimate of drug-likeness (QED) is 0.378. The molecule has 5 nitrogen and oxygen atoms in total. The zero-order chi connectivity index (χ0) is 22.7. The summed E-state index contributed by atoms with van der Waals surface area (Å²) in [5.41, 5.74) is 4.39. The highest BCUT2D eigenvalue weighted by Gasteiger charge is 2.19. The molecule has 0 bridgehead atoms. The third-order valence-corrected chi connectivity index (χ3v) is 6.39. The Labute approximate surface area is 191 Å². The van der Waals surface area contributed by atoms with Gasteiger partial charge in [0.25, 0.3) is 5.91 Å². The topological polar surface area (TPSA) is 75.0 Å². The molecule has 160 valence electrons. The minimum Gasteiger partial charge on any atom is -0.494 e. The number of anilines is 1. The summed E-state index contributed by atoms with van der Waals surface area (Å²) in [6.07, 6.45) is 0.751. The summed E-state index contributed by atoms with van der Waals surface area (Å²) in [6, 6.07) is 19.3. The monoisotopic (exact) mass is 441 g/mol. The van der Waals surface area contributed by atoms with Crippen LogP contribution in [0.3, 0.4) is 0 Å². The second-order valence-corrected chi connectivity index (χ2v) is 8.51. The number of nitrogens with one attached hydrogen (secondary N) is 1. The molecule has 0 aliphatic rings. The molecular formula is C26H23N3O2S. The number of aromatic nitrogens is 1. The molecule has 0 radical (unpaired) electrons. The molecule has 2 aromatic carbocycles. The van der Waals surface area contributed by atoms with Crippen LogP contribution < -0.4 is 10.1 Å². The fourth-order valence-corrected chi connectivity index (χ4v) is 4.87. The van der Waals surface area contributed by atoms with Gasteiger partial charge in [-0.05, 0) is 62.2 Å². The number of hydrogen-bond acceptors (Lipinski definition) is 5. The molecule has 0 aliphatic carbocycles.